The standard InChI is InChI=1S/C29H40O4/c1-18-15-25-23-10-9-21-17-22(31)11-13-27(21,3)24(23)12-14-28(25,4)29(18,19(2)30)33-26(32)16-20-7-5-6-8-20/h9-10,17-18,20,23-25H,5-8,11-16H2,1-4H3/t18-,23+,24-,25-,27-,28-,29-/m0/s1. The highest BCUT2D eigenvalue weighted by Crippen LogP contribution is 2.68. The van der Waals surface area contributed by atoms with Gasteiger partial charge in [-0.2, -0.15) is 0 Å². The predicted molar refractivity (Wildman–Crippen MR) is 127 cm³/mol. The summed E-state index contributed by atoms with van der Waals surface area (Å²) in [5.74, 6) is 1.66. The van der Waals surface area contributed by atoms with Crippen molar-refractivity contribution in [2.24, 2.45) is 40.4 Å². The van der Waals surface area contributed by atoms with Crippen molar-refractivity contribution in [1.29, 1.82) is 0 Å². The molecule has 0 amide bonds. The number of Topliss-reactive ketones (excluding diaryl/α,β-unsaturated/α-hetero) is 1. The van der Waals surface area contributed by atoms with E-state index in [9.17, 15) is 14.4 Å². The molecule has 4 heteroatoms. The molecule has 5 aliphatic carbocycles. The maximum absolute atomic E-state index is 13.4. The van der Waals surface area contributed by atoms with Crippen LogP contribution in [0, 0.1) is 40.4 Å². The zero-order valence-corrected chi connectivity index (χ0v) is 20.8. The van der Waals surface area contributed by atoms with Crippen LogP contribution in [0.3, 0.4) is 0 Å². The molecule has 0 spiro atoms. The monoisotopic (exact) mass is 452 g/mol. The second-order valence-electron chi connectivity index (χ2n) is 12.3. The first-order valence-corrected chi connectivity index (χ1v) is 13.3. The molecule has 3 saturated carbocycles. The lowest BCUT2D eigenvalue weighted by Crippen LogP contribution is -2.60. The van der Waals surface area contributed by atoms with Crippen LogP contribution in [0.5, 0.6) is 0 Å². The number of esters is 1. The van der Waals surface area contributed by atoms with Crippen LogP contribution in [0.4, 0.5) is 0 Å². The number of rotatable bonds is 4. The fraction of sp³-hybridized carbons (Fsp3) is 0.759. The van der Waals surface area contributed by atoms with Crippen LogP contribution in [0.25, 0.3) is 0 Å². The Labute approximate surface area is 198 Å². The van der Waals surface area contributed by atoms with E-state index in [1.165, 1.54) is 18.4 Å². The van der Waals surface area contributed by atoms with Gasteiger partial charge in [-0.25, -0.2) is 0 Å². The van der Waals surface area contributed by atoms with Gasteiger partial charge in [0.2, 0.25) is 0 Å². The Morgan fingerprint density at radius 1 is 1.09 bits per heavy atom. The molecule has 180 valence electrons. The molecule has 0 radical (unpaired) electrons. The van der Waals surface area contributed by atoms with Gasteiger partial charge in [-0.3, -0.25) is 14.4 Å². The first kappa shape index (κ1) is 23.1. The summed E-state index contributed by atoms with van der Waals surface area (Å²) in [7, 11) is 0. The summed E-state index contributed by atoms with van der Waals surface area (Å²) in [6, 6.07) is 0. The number of carbonyl (C=O) groups excluding carboxylic acids is 3. The number of hydrogen-bond donors (Lipinski definition) is 0. The second-order valence-corrected chi connectivity index (χ2v) is 12.3. The fourth-order valence-electron chi connectivity index (χ4n) is 9.04. The highest BCUT2D eigenvalue weighted by atomic mass is 16.6. The van der Waals surface area contributed by atoms with Crippen molar-refractivity contribution in [3.8, 4) is 0 Å². The number of hydrogen-bond acceptors (Lipinski definition) is 4. The summed E-state index contributed by atoms with van der Waals surface area (Å²) in [5, 5.41) is 0. The van der Waals surface area contributed by atoms with E-state index in [4.69, 9.17) is 4.74 Å². The molecule has 3 fully saturated rings. The maximum atomic E-state index is 13.4. The van der Waals surface area contributed by atoms with Crippen LogP contribution < -0.4 is 0 Å². The van der Waals surface area contributed by atoms with Crippen LogP contribution in [0.1, 0.15) is 91.9 Å². The molecular formula is C29H40O4. The molecule has 0 N–H and O–H groups in total. The zero-order valence-electron chi connectivity index (χ0n) is 20.8. The normalized spacial score (nSPS) is 44.6. The third-order valence-electron chi connectivity index (χ3n) is 10.8. The Kier molecular flexibility index (Phi) is 5.53. The maximum Gasteiger partial charge on any atom is 0.307 e. The molecule has 0 saturated heterocycles. The predicted octanol–water partition coefficient (Wildman–Crippen LogP) is 5.99. The second kappa shape index (κ2) is 7.92. The Morgan fingerprint density at radius 3 is 2.52 bits per heavy atom. The number of carbonyl (C=O) groups is 3. The molecule has 33 heavy (non-hydrogen) atoms. The first-order valence-electron chi connectivity index (χ1n) is 13.3. The van der Waals surface area contributed by atoms with E-state index in [1.54, 1.807) is 6.92 Å². The smallest absolute Gasteiger partial charge is 0.307 e. The molecule has 0 unspecified atom stereocenters. The van der Waals surface area contributed by atoms with Gasteiger partial charge in [-0.15, -0.1) is 0 Å². The van der Waals surface area contributed by atoms with E-state index < -0.39 is 5.60 Å². The largest absolute Gasteiger partial charge is 0.450 e. The summed E-state index contributed by atoms with van der Waals surface area (Å²) in [5.41, 5.74) is -0.156. The lowest BCUT2D eigenvalue weighted by molar-refractivity contribution is -0.193. The molecule has 0 aliphatic heterocycles. The SMILES string of the molecule is CC(=O)[C@@]1(OC(=O)CC2CCCC2)[C@@H](C)C[C@H]2[C@@H]3C=CC4=CC(=O)CC[C@]4(C)[C@H]3CC[C@@]21C. The van der Waals surface area contributed by atoms with Crippen LogP contribution in [0.15, 0.2) is 23.8 Å². The summed E-state index contributed by atoms with van der Waals surface area (Å²) in [6.07, 6.45) is 15.8. The average Bonchev–Trinajstić information content (AvgIpc) is 3.34. The van der Waals surface area contributed by atoms with Crippen molar-refractivity contribution in [3.63, 3.8) is 0 Å². The number of ether oxygens (including phenoxy) is 1. The number of ketones is 2. The third kappa shape index (κ3) is 3.26. The summed E-state index contributed by atoms with van der Waals surface area (Å²) in [4.78, 5) is 38.6. The lowest BCUT2D eigenvalue weighted by atomic mass is 9.48. The van der Waals surface area contributed by atoms with Gasteiger partial charge in [0.1, 0.15) is 0 Å². The molecule has 5 rings (SSSR count). The van der Waals surface area contributed by atoms with Gasteiger partial charge in [-0.1, -0.05) is 45.8 Å². The van der Waals surface area contributed by atoms with Gasteiger partial charge in [0, 0.05) is 24.2 Å². The van der Waals surface area contributed by atoms with Crippen molar-refractivity contribution in [2.45, 2.75) is 97.5 Å². The van der Waals surface area contributed by atoms with Crippen LogP contribution >= 0.6 is 0 Å². The fourth-order valence-corrected chi connectivity index (χ4v) is 9.04. The van der Waals surface area contributed by atoms with E-state index in [-0.39, 0.29) is 34.3 Å². The minimum absolute atomic E-state index is 0.0161. The third-order valence-corrected chi connectivity index (χ3v) is 10.8. The zero-order chi connectivity index (χ0) is 23.6. The van der Waals surface area contributed by atoms with Crippen LogP contribution in [0.2, 0.25) is 0 Å². The highest BCUT2D eigenvalue weighted by Gasteiger charge is 2.70. The Hall–Kier alpha value is -1.71. The van der Waals surface area contributed by atoms with Crippen LogP contribution in [-0.4, -0.2) is 23.1 Å². The van der Waals surface area contributed by atoms with Crippen molar-refractivity contribution in [3.05, 3.63) is 23.8 Å². The summed E-state index contributed by atoms with van der Waals surface area (Å²) < 4.78 is 6.36. The molecule has 5 aliphatic rings. The number of allylic oxidation sites excluding steroid dienone is 4. The summed E-state index contributed by atoms with van der Waals surface area (Å²) in [6.45, 7) is 8.34. The van der Waals surface area contributed by atoms with Crippen molar-refractivity contribution < 1.29 is 19.1 Å². The van der Waals surface area contributed by atoms with Crippen molar-refractivity contribution in [1.82, 2.24) is 0 Å². The van der Waals surface area contributed by atoms with E-state index in [0.717, 1.165) is 38.5 Å². The minimum atomic E-state index is -1.02. The quantitative estimate of drug-likeness (QED) is 0.492. The number of fused-ring (bicyclic) bond motifs is 5. The van der Waals surface area contributed by atoms with Gasteiger partial charge in [0.15, 0.2) is 17.2 Å². The van der Waals surface area contributed by atoms with Crippen LogP contribution in [-0.2, 0) is 19.1 Å². The topological polar surface area (TPSA) is 60.4 Å². The Morgan fingerprint density at radius 2 is 1.82 bits per heavy atom. The summed E-state index contributed by atoms with van der Waals surface area (Å²) >= 11 is 0. The van der Waals surface area contributed by atoms with E-state index in [2.05, 4.69) is 32.9 Å². The minimum Gasteiger partial charge on any atom is -0.450 e. The Bertz CT molecular complexity index is 924. The molecule has 0 bridgehead atoms. The molecule has 7 atom stereocenters. The van der Waals surface area contributed by atoms with E-state index in [0.29, 0.717) is 36.5 Å². The Balaban J connectivity index is 1.47. The molecule has 4 nitrogen and oxygen atoms in total. The van der Waals surface area contributed by atoms with E-state index in [1.807, 2.05) is 6.08 Å². The highest BCUT2D eigenvalue weighted by molar-refractivity contribution is 5.92. The van der Waals surface area contributed by atoms with Crippen molar-refractivity contribution >= 4 is 17.5 Å². The molecule has 0 aromatic rings. The molecule has 0 aromatic heterocycles. The van der Waals surface area contributed by atoms with Gasteiger partial charge in [0.25, 0.3) is 0 Å². The van der Waals surface area contributed by atoms with E-state index >= 15 is 0 Å². The van der Waals surface area contributed by atoms with Crippen molar-refractivity contribution in [2.75, 3.05) is 0 Å². The van der Waals surface area contributed by atoms with Gasteiger partial charge in [0.05, 0.1) is 0 Å². The lowest BCUT2D eigenvalue weighted by Gasteiger charge is -2.57. The first-order chi connectivity index (χ1) is 15.6. The van der Waals surface area contributed by atoms with Gasteiger partial charge >= 0.3 is 5.97 Å². The van der Waals surface area contributed by atoms with Gasteiger partial charge in [-0.05, 0) is 86.2 Å². The average molecular weight is 453 g/mol. The van der Waals surface area contributed by atoms with Gasteiger partial charge < -0.3 is 4.74 Å². The molecule has 0 heterocycles. The molecule has 0 aromatic carbocycles. The molecular weight excluding hydrogens is 412 g/mol.